The Morgan fingerprint density at radius 3 is 2.00 bits per heavy atom. The van der Waals surface area contributed by atoms with Crippen molar-refractivity contribution in [2.24, 2.45) is 58.2 Å². The molecule has 0 bridgehead atoms. The van der Waals surface area contributed by atoms with Gasteiger partial charge in [0.05, 0.1) is 0 Å². The first-order chi connectivity index (χ1) is 26.9. The molecule has 0 aromatic heterocycles. The van der Waals surface area contributed by atoms with E-state index in [1.54, 1.807) is 0 Å². The van der Waals surface area contributed by atoms with Crippen molar-refractivity contribution in [3.8, 4) is 17.2 Å². The van der Waals surface area contributed by atoms with Crippen LogP contribution in [0.3, 0.4) is 0 Å². The summed E-state index contributed by atoms with van der Waals surface area (Å²) in [4.78, 5) is 0. The van der Waals surface area contributed by atoms with Gasteiger partial charge in [-0.15, -0.1) is 0 Å². The maximum Gasteiger partial charge on any atom is 0.127 e. The average molecular weight is 755 g/mol. The highest BCUT2D eigenvalue weighted by molar-refractivity contribution is 5.49. The number of fused-ring (bicyclic) bond motifs is 5. The Kier molecular flexibility index (Phi) is 10.9. The van der Waals surface area contributed by atoms with Crippen LogP contribution in [0.5, 0.6) is 17.2 Å². The number of hydrogen-bond donors (Lipinski definition) is 2. The minimum atomic E-state index is -0.0409. The molecule has 11 unspecified atom stereocenters. The van der Waals surface area contributed by atoms with Crippen LogP contribution in [0.25, 0.3) is 0 Å². The largest absolute Gasteiger partial charge is 0.486 e. The Morgan fingerprint density at radius 1 is 0.696 bits per heavy atom. The minimum absolute atomic E-state index is 0.0101. The fraction of sp³-hybridized carbons (Fsp3) is 0.577. The summed E-state index contributed by atoms with van der Waals surface area (Å²) >= 11 is 0. The normalized spacial score (nSPS) is 35.6. The fourth-order valence-electron chi connectivity index (χ4n) is 13.5. The molecule has 4 fully saturated rings. The van der Waals surface area contributed by atoms with Crippen LogP contribution in [-0.4, -0.2) is 6.10 Å². The molecular formula is C52H70N2O2. The van der Waals surface area contributed by atoms with E-state index in [1.165, 1.54) is 88.2 Å². The molecule has 0 amide bonds. The summed E-state index contributed by atoms with van der Waals surface area (Å²) in [5, 5.41) is 0. The molecule has 5 aliphatic carbocycles. The van der Waals surface area contributed by atoms with Gasteiger partial charge in [0, 0.05) is 22.7 Å². The predicted molar refractivity (Wildman–Crippen MR) is 234 cm³/mol. The zero-order chi connectivity index (χ0) is 39.2. The van der Waals surface area contributed by atoms with Crippen molar-refractivity contribution >= 4 is 11.4 Å². The molecule has 4 N–H and O–H groups in total. The van der Waals surface area contributed by atoms with E-state index in [4.69, 9.17) is 20.9 Å². The highest BCUT2D eigenvalue weighted by atomic mass is 16.5. The minimum Gasteiger partial charge on any atom is -0.486 e. The summed E-state index contributed by atoms with van der Waals surface area (Å²) in [5.74, 6) is 8.78. The van der Waals surface area contributed by atoms with Crippen molar-refractivity contribution in [3.05, 3.63) is 102 Å². The first-order valence-electron chi connectivity index (χ1n) is 22.4. The van der Waals surface area contributed by atoms with Crippen molar-refractivity contribution in [1.82, 2.24) is 0 Å². The van der Waals surface area contributed by atoms with E-state index >= 15 is 0 Å². The lowest BCUT2D eigenvalue weighted by Gasteiger charge is -2.63. The first-order valence-corrected chi connectivity index (χ1v) is 22.4. The molecule has 4 heteroatoms. The highest BCUT2D eigenvalue weighted by Gasteiger charge is 2.62. The molecule has 56 heavy (non-hydrogen) atoms. The van der Waals surface area contributed by atoms with Crippen LogP contribution in [0.2, 0.25) is 0 Å². The van der Waals surface area contributed by atoms with Gasteiger partial charge in [-0.05, 0) is 188 Å². The van der Waals surface area contributed by atoms with Gasteiger partial charge in [0.15, 0.2) is 0 Å². The third-order valence-electron chi connectivity index (χ3n) is 16.6. The number of ether oxygens (including phenoxy) is 2. The molecule has 5 aliphatic rings. The van der Waals surface area contributed by atoms with E-state index in [0.29, 0.717) is 16.7 Å². The van der Waals surface area contributed by atoms with Crippen molar-refractivity contribution in [3.63, 3.8) is 0 Å². The van der Waals surface area contributed by atoms with Crippen molar-refractivity contribution < 1.29 is 9.47 Å². The number of hydrogen-bond acceptors (Lipinski definition) is 4. The number of rotatable bonds is 11. The Balaban J connectivity index is 1.04. The fourth-order valence-corrected chi connectivity index (χ4v) is 13.5. The lowest BCUT2D eigenvalue weighted by atomic mass is 9.41. The number of anilines is 2. The predicted octanol–water partition coefficient (Wildman–Crippen LogP) is 13.6. The molecule has 300 valence electrons. The lowest BCUT2D eigenvalue weighted by Crippen LogP contribution is -2.55. The number of nitrogen functional groups attached to an aromatic ring is 2. The summed E-state index contributed by atoms with van der Waals surface area (Å²) in [6, 6.07) is 24.6. The first kappa shape index (κ1) is 39.2. The molecule has 8 rings (SSSR count). The van der Waals surface area contributed by atoms with Crippen LogP contribution in [0.15, 0.2) is 96.6 Å². The van der Waals surface area contributed by atoms with E-state index in [1.807, 2.05) is 48.5 Å². The van der Waals surface area contributed by atoms with Crippen molar-refractivity contribution in [1.29, 1.82) is 0 Å². The van der Waals surface area contributed by atoms with Gasteiger partial charge in [-0.1, -0.05) is 85.1 Å². The van der Waals surface area contributed by atoms with Gasteiger partial charge in [0.1, 0.15) is 23.4 Å². The maximum absolute atomic E-state index is 6.52. The second-order valence-corrected chi connectivity index (χ2v) is 20.2. The van der Waals surface area contributed by atoms with Crippen LogP contribution in [0, 0.1) is 58.2 Å². The third kappa shape index (κ3) is 7.33. The SMILES string of the molecule is CC(C)CCCC(C)C1CCC2C3CCC4CC(C5=CC(C)C(Oc6ccc(N)cc6)C=C5)(c5ccc(Oc6ccc(N)cc6)cc5)CCC4(C)C3CCC12C. The Labute approximate surface area is 338 Å². The summed E-state index contributed by atoms with van der Waals surface area (Å²) in [7, 11) is 0. The number of nitrogens with two attached hydrogens (primary N) is 2. The van der Waals surface area contributed by atoms with Crippen molar-refractivity contribution in [2.75, 3.05) is 11.5 Å². The second-order valence-electron chi connectivity index (χ2n) is 20.2. The van der Waals surface area contributed by atoms with Gasteiger partial charge in [0.25, 0.3) is 0 Å². The van der Waals surface area contributed by atoms with E-state index in [9.17, 15) is 0 Å². The molecule has 0 saturated heterocycles. The van der Waals surface area contributed by atoms with Crippen LogP contribution >= 0.6 is 0 Å². The zero-order valence-electron chi connectivity index (χ0n) is 35.3. The topological polar surface area (TPSA) is 70.5 Å². The molecule has 0 heterocycles. The van der Waals surface area contributed by atoms with Gasteiger partial charge in [-0.25, -0.2) is 0 Å². The quantitative estimate of drug-likeness (QED) is 0.191. The molecule has 11 atom stereocenters. The zero-order valence-corrected chi connectivity index (χ0v) is 35.3. The molecule has 0 aliphatic heterocycles. The van der Waals surface area contributed by atoms with Gasteiger partial charge >= 0.3 is 0 Å². The van der Waals surface area contributed by atoms with Gasteiger partial charge in [-0.3, -0.25) is 0 Å². The molecular weight excluding hydrogens is 685 g/mol. The van der Waals surface area contributed by atoms with Crippen LogP contribution < -0.4 is 20.9 Å². The molecule has 4 nitrogen and oxygen atoms in total. The summed E-state index contributed by atoms with van der Waals surface area (Å²) in [6.07, 6.45) is 23.8. The van der Waals surface area contributed by atoms with E-state index in [2.05, 4.69) is 84.0 Å². The standard InChI is InChI=1S/C52H70N2O2/c1-34(2)8-7-9-35(3)46-25-26-47-45-24-12-39-33-52(31-30-50(39,5)48(45)28-29-51(46,47)6,37-10-18-42(19-11-37)55-43-20-14-40(53)15-21-43)38-13-27-49(36(4)32-38)56-44-22-16-41(54)17-23-44/h10-11,13-23,27,32,34-36,39,45-49H,7-9,12,24-26,28-31,33,53-54H2,1-6H3. The van der Waals surface area contributed by atoms with Crippen LogP contribution in [0.1, 0.15) is 124 Å². The highest BCUT2D eigenvalue weighted by Crippen LogP contribution is 2.70. The lowest BCUT2D eigenvalue weighted by molar-refractivity contribution is -0.122. The molecule has 0 radical (unpaired) electrons. The van der Waals surface area contributed by atoms with Crippen molar-refractivity contribution in [2.45, 2.75) is 130 Å². The van der Waals surface area contributed by atoms with Gasteiger partial charge < -0.3 is 20.9 Å². The van der Waals surface area contributed by atoms with Gasteiger partial charge in [-0.2, -0.15) is 0 Å². The average Bonchev–Trinajstić information content (AvgIpc) is 3.54. The maximum atomic E-state index is 6.52. The molecule has 4 saturated carbocycles. The van der Waals surface area contributed by atoms with E-state index in [-0.39, 0.29) is 17.4 Å². The monoisotopic (exact) mass is 755 g/mol. The summed E-state index contributed by atoms with van der Waals surface area (Å²) < 4.78 is 12.8. The van der Waals surface area contributed by atoms with E-state index in [0.717, 1.165) is 64.1 Å². The summed E-state index contributed by atoms with van der Waals surface area (Å²) in [5.41, 5.74) is 17.2. The van der Waals surface area contributed by atoms with Gasteiger partial charge in [0.2, 0.25) is 0 Å². The number of allylic oxidation sites excluding steroid dienone is 2. The van der Waals surface area contributed by atoms with Crippen LogP contribution in [0.4, 0.5) is 11.4 Å². The molecule has 0 spiro atoms. The Morgan fingerprint density at radius 2 is 1.34 bits per heavy atom. The third-order valence-corrected chi connectivity index (χ3v) is 16.6. The Hall–Kier alpha value is -3.66. The van der Waals surface area contributed by atoms with E-state index < -0.39 is 0 Å². The molecule has 3 aromatic rings. The summed E-state index contributed by atoms with van der Waals surface area (Å²) in [6.45, 7) is 15.2. The second kappa shape index (κ2) is 15.6. The Bertz CT molecular complexity index is 1860. The smallest absolute Gasteiger partial charge is 0.127 e. The number of benzene rings is 3. The van der Waals surface area contributed by atoms with Crippen LogP contribution in [-0.2, 0) is 5.41 Å². The molecule has 3 aromatic carbocycles.